The summed E-state index contributed by atoms with van der Waals surface area (Å²) in [5, 5.41) is 3.50. The lowest BCUT2D eigenvalue weighted by Crippen LogP contribution is -2.11. The first-order valence-electron chi connectivity index (χ1n) is 7.48. The molecule has 0 aliphatic rings. The van der Waals surface area contributed by atoms with Gasteiger partial charge in [0.15, 0.2) is 5.13 Å². The number of carbonyl (C=O) groups excluding carboxylic acids is 1. The third-order valence-corrected chi connectivity index (χ3v) is 4.50. The lowest BCUT2D eigenvalue weighted by molar-refractivity contribution is 0.102. The number of rotatable bonds is 4. The molecule has 0 saturated carbocycles. The molecule has 4 heteroatoms. The Kier molecular flexibility index (Phi) is 4.53. The van der Waals surface area contributed by atoms with Gasteiger partial charge in [0.2, 0.25) is 0 Å². The smallest absolute Gasteiger partial charge is 0.257 e. The summed E-state index contributed by atoms with van der Waals surface area (Å²) in [7, 11) is 0. The molecule has 3 rings (SSSR count). The average molecular weight is 322 g/mol. The number of hydrogen-bond donors (Lipinski definition) is 1. The fraction of sp³-hybridized carbons (Fsp3) is 0.158. The molecule has 23 heavy (non-hydrogen) atoms. The molecule has 116 valence electrons. The van der Waals surface area contributed by atoms with E-state index in [4.69, 9.17) is 0 Å². The van der Waals surface area contributed by atoms with Gasteiger partial charge in [0, 0.05) is 23.1 Å². The number of carbonyl (C=O) groups is 1. The topological polar surface area (TPSA) is 42.0 Å². The molecule has 0 fully saturated rings. The van der Waals surface area contributed by atoms with Crippen LogP contribution in [-0.2, 0) is 6.42 Å². The molecule has 0 bridgehead atoms. The fourth-order valence-corrected chi connectivity index (χ4v) is 3.07. The Bertz CT molecular complexity index is 804. The zero-order chi connectivity index (χ0) is 16.2. The summed E-state index contributed by atoms with van der Waals surface area (Å²) < 4.78 is 0. The molecule has 0 radical (unpaired) electrons. The summed E-state index contributed by atoms with van der Waals surface area (Å²) in [5.41, 5.74) is 4.28. The van der Waals surface area contributed by atoms with Crippen molar-refractivity contribution in [2.45, 2.75) is 20.3 Å². The van der Waals surface area contributed by atoms with Gasteiger partial charge in [-0.2, -0.15) is 0 Å². The van der Waals surface area contributed by atoms with E-state index in [2.05, 4.69) is 41.5 Å². The number of aromatic nitrogens is 1. The maximum atomic E-state index is 12.2. The van der Waals surface area contributed by atoms with Gasteiger partial charge in [-0.1, -0.05) is 47.5 Å². The van der Waals surface area contributed by atoms with Crippen molar-refractivity contribution in [1.29, 1.82) is 0 Å². The lowest BCUT2D eigenvalue weighted by Gasteiger charge is -2.02. The second kappa shape index (κ2) is 6.75. The van der Waals surface area contributed by atoms with Crippen LogP contribution in [0.15, 0.2) is 54.7 Å². The second-order valence-corrected chi connectivity index (χ2v) is 6.73. The molecule has 0 unspecified atom stereocenters. The van der Waals surface area contributed by atoms with E-state index in [-0.39, 0.29) is 5.91 Å². The Labute approximate surface area is 140 Å². The summed E-state index contributed by atoms with van der Waals surface area (Å²) in [6.45, 7) is 4.08. The lowest BCUT2D eigenvalue weighted by atomic mass is 10.1. The quantitative estimate of drug-likeness (QED) is 0.762. The van der Waals surface area contributed by atoms with Crippen LogP contribution in [0.4, 0.5) is 5.13 Å². The molecule has 3 nitrogen and oxygen atoms in total. The zero-order valence-corrected chi connectivity index (χ0v) is 14.0. The Balaban J connectivity index is 1.66. The highest BCUT2D eigenvalue weighted by molar-refractivity contribution is 7.15. The van der Waals surface area contributed by atoms with Crippen LogP contribution in [-0.4, -0.2) is 10.9 Å². The molecule has 0 aliphatic heterocycles. The van der Waals surface area contributed by atoms with Crippen molar-refractivity contribution < 1.29 is 4.79 Å². The van der Waals surface area contributed by atoms with Crippen LogP contribution < -0.4 is 5.32 Å². The molecule has 0 atom stereocenters. The number of benzene rings is 2. The number of aryl methyl sites for hydroxylation is 2. The highest BCUT2D eigenvalue weighted by atomic mass is 32.1. The minimum absolute atomic E-state index is 0.124. The number of nitrogens with zero attached hydrogens (tertiary/aromatic N) is 1. The highest BCUT2D eigenvalue weighted by Crippen LogP contribution is 2.22. The maximum Gasteiger partial charge on any atom is 0.257 e. The minimum Gasteiger partial charge on any atom is -0.298 e. The minimum atomic E-state index is -0.124. The predicted octanol–water partition coefficient (Wildman–Crippen LogP) is 4.60. The van der Waals surface area contributed by atoms with Crippen molar-refractivity contribution in [3.8, 4) is 0 Å². The summed E-state index contributed by atoms with van der Waals surface area (Å²) in [4.78, 5) is 17.6. The first kappa shape index (κ1) is 15.4. The van der Waals surface area contributed by atoms with Gasteiger partial charge in [0.05, 0.1) is 0 Å². The van der Waals surface area contributed by atoms with E-state index in [1.54, 1.807) is 0 Å². The van der Waals surface area contributed by atoms with Gasteiger partial charge in [-0.15, -0.1) is 11.3 Å². The number of hydrogen-bond acceptors (Lipinski definition) is 3. The van der Waals surface area contributed by atoms with Gasteiger partial charge >= 0.3 is 0 Å². The van der Waals surface area contributed by atoms with Crippen LogP contribution in [0.25, 0.3) is 0 Å². The average Bonchev–Trinajstić information content (AvgIpc) is 2.97. The normalized spacial score (nSPS) is 10.5. The van der Waals surface area contributed by atoms with E-state index in [0.717, 1.165) is 16.9 Å². The van der Waals surface area contributed by atoms with E-state index in [1.165, 1.54) is 22.5 Å². The van der Waals surface area contributed by atoms with Gasteiger partial charge in [-0.05, 0) is 31.5 Å². The van der Waals surface area contributed by atoms with Crippen LogP contribution in [0.3, 0.4) is 0 Å². The molecule has 1 aromatic heterocycles. The summed E-state index contributed by atoms with van der Waals surface area (Å²) in [5.74, 6) is -0.124. The molecule has 1 N–H and O–H groups in total. The fourth-order valence-electron chi connectivity index (χ4n) is 2.23. The van der Waals surface area contributed by atoms with E-state index in [9.17, 15) is 4.79 Å². The summed E-state index contributed by atoms with van der Waals surface area (Å²) >= 11 is 1.52. The number of amides is 1. The molecule has 0 aliphatic carbocycles. The number of thiazole rings is 1. The van der Waals surface area contributed by atoms with Gasteiger partial charge in [0.1, 0.15) is 0 Å². The van der Waals surface area contributed by atoms with Crippen molar-refractivity contribution >= 4 is 22.4 Å². The van der Waals surface area contributed by atoms with Crippen LogP contribution in [0.1, 0.15) is 31.9 Å². The van der Waals surface area contributed by atoms with Crippen LogP contribution >= 0.6 is 11.3 Å². The molecule has 0 spiro atoms. The second-order valence-electron chi connectivity index (χ2n) is 5.61. The van der Waals surface area contributed by atoms with Crippen molar-refractivity contribution in [2.24, 2.45) is 0 Å². The van der Waals surface area contributed by atoms with Gasteiger partial charge in [-0.25, -0.2) is 4.98 Å². The van der Waals surface area contributed by atoms with Gasteiger partial charge in [-0.3, -0.25) is 10.1 Å². The number of anilines is 1. The van der Waals surface area contributed by atoms with Crippen LogP contribution in [0.5, 0.6) is 0 Å². The zero-order valence-electron chi connectivity index (χ0n) is 13.2. The van der Waals surface area contributed by atoms with Crippen molar-refractivity contribution in [1.82, 2.24) is 4.98 Å². The maximum absolute atomic E-state index is 12.2. The predicted molar refractivity (Wildman–Crippen MR) is 95.2 cm³/mol. The number of nitrogens with one attached hydrogen (secondary N) is 1. The van der Waals surface area contributed by atoms with Crippen molar-refractivity contribution in [2.75, 3.05) is 5.32 Å². The Morgan fingerprint density at radius 2 is 1.61 bits per heavy atom. The van der Waals surface area contributed by atoms with Crippen molar-refractivity contribution in [3.63, 3.8) is 0 Å². The largest absolute Gasteiger partial charge is 0.298 e. The molecule has 2 aromatic carbocycles. The van der Waals surface area contributed by atoms with E-state index < -0.39 is 0 Å². The van der Waals surface area contributed by atoms with Gasteiger partial charge in [0.25, 0.3) is 5.91 Å². The van der Waals surface area contributed by atoms with Crippen LogP contribution in [0.2, 0.25) is 0 Å². The van der Waals surface area contributed by atoms with E-state index in [0.29, 0.717) is 10.7 Å². The molecule has 3 aromatic rings. The third kappa shape index (κ3) is 4.05. The van der Waals surface area contributed by atoms with E-state index in [1.807, 2.05) is 37.4 Å². The van der Waals surface area contributed by atoms with E-state index >= 15 is 0 Å². The Hall–Kier alpha value is -2.46. The molecular formula is C19H18N2OS. The van der Waals surface area contributed by atoms with Crippen LogP contribution in [0, 0.1) is 13.8 Å². The monoisotopic (exact) mass is 322 g/mol. The summed E-state index contributed by atoms with van der Waals surface area (Å²) in [6, 6.07) is 16.0. The molecule has 0 saturated heterocycles. The SMILES string of the molecule is Cc1ccc(Cc2cnc(NC(=O)c3ccc(C)cc3)s2)cc1. The standard InChI is InChI=1S/C19H18N2OS/c1-13-3-7-15(8-4-13)11-17-12-20-19(23-17)21-18(22)16-9-5-14(2)6-10-16/h3-10,12H,11H2,1-2H3,(H,20,21,22). The summed E-state index contributed by atoms with van der Waals surface area (Å²) in [6.07, 6.45) is 2.66. The Morgan fingerprint density at radius 1 is 1.00 bits per heavy atom. The molecular weight excluding hydrogens is 304 g/mol. The molecule has 1 heterocycles. The molecule has 1 amide bonds. The highest BCUT2D eigenvalue weighted by Gasteiger charge is 2.09. The first-order valence-corrected chi connectivity index (χ1v) is 8.30. The first-order chi connectivity index (χ1) is 11.1. The van der Waals surface area contributed by atoms with Crippen molar-refractivity contribution in [3.05, 3.63) is 81.9 Å². The van der Waals surface area contributed by atoms with Gasteiger partial charge < -0.3 is 0 Å². The third-order valence-electron chi connectivity index (χ3n) is 3.59. The Morgan fingerprint density at radius 3 is 2.26 bits per heavy atom.